The Balaban J connectivity index is 4.50. The summed E-state index contributed by atoms with van der Waals surface area (Å²) in [4.78, 5) is 0. The number of rotatable bonds is 9. The summed E-state index contributed by atoms with van der Waals surface area (Å²) in [7, 11) is 6.23. The fourth-order valence-corrected chi connectivity index (χ4v) is 5.88. The normalized spacial score (nSPS) is 16.7. The van der Waals surface area contributed by atoms with Gasteiger partial charge in [-0.25, -0.2) is 0 Å². The van der Waals surface area contributed by atoms with Gasteiger partial charge in [0.25, 0.3) is 0 Å². The lowest BCUT2D eigenvalue weighted by Crippen LogP contribution is -2.41. The second kappa shape index (κ2) is 7.61. The lowest BCUT2D eigenvalue weighted by Gasteiger charge is -2.37. The molecule has 0 fully saturated rings. The second-order valence-electron chi connectivity index (χ2n) is 7.64. The van der Waals surface area contributed by atoms with Gasteiger partial charge in [0.15, 0.2) is 0 Å². The van der Waals surface area contributed by atoms with Crippen LogP contribution in [0.4, 0.5) is 0 Å². The highest BCUT2D eigenvalue weighted by molar-refractivity contribution is 8.77. The van der Waals surface area contributed by atoms with Crippen LogP contribution in [0.2, 0.25) is 0 Å². The number of hydrogen-bond acceptors (Lipinski definition) is 3. The smallest absolute Gasteiger partial charge is 0.0235 e. The first-order chi connectivity index (χ1) is 8.45. The molecule has 0 aliphatic carbocycles. The van der Waals surface area contributed by atoms with Crippen molar-refractivity contribution in [2.75, 3.05) is 7.05 Å². The molecule has 0 rings (SSSR count). The maximum atomic E-state index is 3.42. The molecule has 0 aliphatic rings. The van der Waals surface area contributed by atoms with E-state index in [0.717, 1.165) is 5.92 Å². The largest absolute Gasteiger partial charge is 0.315 e. The zero-order chi connectivity index (χ0) is 15.3. The topological polar surface area (TPSA) is 12.0 Å². The molecular weight excluding hydrogens is 270 g/mol. The van der Waals surface area contributed by atoms with Crippen molar-refractivity contribution in [2.45, 2.75) is 89.7 Å². The van der Waals surface area contributed by atoms with E-state index < -0.39 is 0 Å². The van der Waals surface area contributed by atoms with Crippen molar-refractivity contribution in [3.63, 3.8) is 0 Å². The summed E-state index contributed by atoms with van der Waals surface area (Å²) in [5.74, 6) is 0.773. The summed E-state index contributed by atoms with van der Waals surface area (Å²) >= 11 is 0. The first-order valence-corrected chi connectivity index (χ1v) is 9.66. The van der Waals surface area contributed by atoms with Gasteiger partial charge in [-0.1, -0.05) is 42.4 Å². The Labute approximate surface area is 129 Å². The van der Waals surface area contributed by atoms with E-state index in [1.165, 1.54) is 19.3 Å². The third-order valence-corrected chi connectivity index (χ3v) is 7.95. The molecule has 0 aromatic carbocycles. The molecule has 0 saturated heterocycles. The van der Waals surface area contributed by atoms with E-state index in [2.05, 4.69) is 89.3 Å². The predicted octanol–water partition coefficient (Wildman–Crippen LogP) is 5.75. The monoisotopic (exact) mass is 305 g/mol. The van der Waals surface area contributed by atoms with E-state index in [1.807, 2.05) is 0 Å². The Hall–Kier alpha value is 0.660. The van der Waals surface area contributed by atoms with Crippen LogP contribution in [0.1, 0.15) is 74.7 Å². The summed E-state index contributed by atoms with van der Waals surface area (Å²) in [5.41, 5.74) is 0.206. The highest BCUT2D eigenvalue weighted by Gasteiger charge is 2.32. The van der Waals surface area contributed by atoms with Gasteiger partial charge < -0.3 is 5.32 Å². The predicted molar refractivity (Wildman–Crippen MR) is 95.2 cm³/mol. The van der Waals surface area contributed by atoms with E-state index in [1.54, 1.807) is 0 Å². The van der Waals surface area contributed by atoms with Crippen molar-refractivity contribution in [2.24, 2.45) is 5.92 Å². The van der Waals surface area contributed by atoms with Gasteiger partial charge in [0.1, 0.15) is 0 Å². The van der Waals surface area contributed by atoms with Gasteiger partial charge in [0.05, 0.1) is 0 Å². The minimum atomic E-state index is 0.206. The van der Waals surface area contributed by atoms with Crippen molar-refractivity contribution >= 4 is 21.6 Å². The van der Waals surface area contributed by atoms with Crippen LogP contribution in [0.25, 0.3) is 0 Å². The zero-order valence-electron chi connectivity index (χ0n) is 14.5. The lowest BCUT2D eigenvalue weighted by atomic mass is 9.92. The standard InChI is InChI=1S/C16H35NS2/c1-10-16(8,11-13(2)3)19-18-15(6,7)12-14(4,5)17-9/h13,17H,10-12H2,1-9H3. The summed E-state index contributed by atoms with van der Waals surface area (Å²) < 4.78 is 0.699. The Morgan fingerprint density at radius 3 is 1.89 bits per heavy atom. The minimum absolute atomic E-state index is 0.206. The van der Waals surface area contributed by atoms with Crippen LogP contribution in [0, 0.1) is 5.92 Å². The molecule has 0 aliphatic heterocycles. The Kier molecular flexibility index (Phi) is 7.87. The first-order valence-electron chi connectivity index (χ1n) is 7.51. The van der Waals surface area contributed by atoms with Crippen molar-refractivity contribution in [1.29, 1.82) is 0 Å². The molecule has 1 N–H and O–H groups in total. The first kappa shape index (κ1) is 19.7. The summed E-state index contributed by atoms with van der Waals surface area (Å²) in [6.07, 6.45) is 3.72. The van der Waals surface area contributed by atoms with Crippen LogP contribution in [0.3, 0.4) is 0 Å². The highest BCUT2D eigenvalue weighted by atomic mass is 33.1. The summed E-state index contributed by atoms with van der Waals surface area (Å²) in [6.45, 7) is 18.7. The molecule has 0 bridgehead atoms. The van der Waals surface area contributed by atoms with E-state index in [-0.39, 0.29) is 5.54 Å². The van der Waals surface area contributed by atoms with Crippen LogP contribution >= 0.6 is 21.6 Å². The van der Waals surface area contributed by atoms with Gasteiger partial charge in [0.2, 0.25) is 0 Å². The van der Waals surface area contributed by atoms with E-state index in [0.29, 0.717) is 9.49 Å². The van der Waals surface area contributed by atoms with Gasteiger partial charge in [-0.05, 0) is 66.8 Å². The maximum Gasteiger partial charge on any atom is 0.0235 e. The van der Waals surface area contributed by atoms with Crippen LogP contribution in [-0.4, -0.2) is 22.1 Å². The Morgan fingerprint density at radius 1 is 1.00 bits per heavy atom. The van der Waals surface area contributed by atoms with Crippen LogP contribution in [0.15, 0.2) is 0 Å². The van der Waals surface area contributed by atoms with Gasteiger partial charge >= 0.3 is 0 Å². The highest BCUT2D eigenvalue weighted by Crippen LogP contribution is 2.49. The Bertz CT molecular complexity index is 261. The fraction of sp³-hybridized carbons (Fsp3) is 1.00. The molecule has 0 amide bonds. The van der Waals surface area contributed by atoms with Gasteiger partial charge in [-0.3, -0.25) is 0 Å². The third kappa shape index (κ3) is 8.52. The molecule has 0 aromatic heterocycles. The van der Waals surface area contributed by atoms with Crippen molar-refractivity contribution < 1.29 is 0 Å². The summed E-state index contributed by atoms with van der Waals surface area (Å²) in [6, 6.07) is 0. The van der Waals surface area contributed by atoms with Gasteiger partial charge in [-0.2, -0.15) is 0 Å². The van der Waals surface area contributed by atoms with Gasteiger partial charge in [-0.15, -0.1) is 0 Å². The van der Waals surface area contributed by atoms with E-state index in [9.17, 15) is 0 Å². The number of nitrogens with one attached hydrogen (secondary N) is 1. The molecule has 1 unspecified atom stereocenters. The lowest BCUT2D eigenvalue weighted by molar-refractivity contribution is 0.359. The molecule has 0 spiro atoms. The van der Waals surface area contributed by atoms with Crippen molar-refractivity contribution in [3.05, 3.63) is 0 Å². The minimum Gasteiger partial charge on any atom is -0.315 e. The molecular formula is C16H35NS2. The zero-order valence-corrected chi connectivity index (χ0v) is 16.1. The molecule has 3 heteroatoms. The average molecular weight is 306 g/mol. The van der Waals surface area contributed by atoms with Crippen molar-refractivity contribution in [1.82, 2.24) is 5.32 Å². The molecule has 0 radical (unpaired) electrons. The maximum absolute atomic E-state index is 3.42. The van der Waals surface area contributed by atoms with Gasteiger partial charge in [0, 0.05) is 15.0 Å². The molecule has 1 nitrogen and oxygen atoms in total. The molecule has 116 valence electrons. The van der Waals surface area contributed by atoms with Crippen molar-refractivity contribution in [3.8, 4) is 0 Å². The molecule has 0 heterocycles. The van der Waals surface area contributed by atoms with E-state index >= 15 is 0 Å². The molecule has 19 heavy (non-hydrogen) atoms. The third-order valence-electron chi connectivity index (χ3n) is 3.60. The molecule has 1 atom stereocenters. The van der Waals surface area contributed by atoms with Crippen LogP contribution < -0.4 is 5.32 Å². The number of hydrogen-bond donors (Lipinski definition) is 1. The summed E-state index contributed by atoms with van der Waals surface area (Å²) in [5, 5.41) is 3.42. The molecule has 0 saturated carbocycles. The van der Waals surface area contributed by atoms with Crippen LogP contribution in [0.5, 0.6) is 0 Å². The van der Waals surface area contributed by atoms with Crippen LogP contribution in [-0.2, 0) is 0 Å². The SMILES string of the molecule is CCC(C)(CC(C)C)SSC(C)(C)CC(C)(C)NC. The quantitative estimate of drug-likeness (QED) is 0.545. The average Bonchev–Trinajstić information content (AvgIpc) is 2.25. The fourth-order valence-electron chi connectivity index (χ4n) is 2.50. The second-order valence-corrected chi connectivity index (χ2v) is 11.1. The Morgan fingerprint density at radius 2 is 1.53 bits per heavy atom. The van der Waals surface area contributed by atoms with E-state index in [4.69, 9.17) is 0 Å². The molecule has 0 aromatic rings.